The average molecular weight is 177 g/mol. The molecule has 0 bridgehead atoms. The molecule has 0 saturated carbocycles. The average Bonchev–Trinajstić information content (AvgIpc) is 1.88. The van der Waals surface area contributed by atoms with Gasteiger partial charge in [-0.05, 0) is 6.08 Å². The third-order valence-corrected chi connectivity index (χ3v) is 1.41. The molecule has 0 unspecified atom stereocenters. The molecule has 0 saturated heterocycles. The van der Waals surface area contributed by atoms with Gasteiger partial charge in [0.15, 0.2) is 6.29 Å². The van der Waals surface area contributed by atoms with Gasteiger partial charge in [0.1, 0.15) is 0 Å². The highest BCUT2D eigenvalue weighted by Gasteiger charge is 2.01. The van der Waals surface area contributed by atoms with Gasteiger partial charge >= 0.3 is 0 Å². The molecule has 0 N–H and O–H groups in total. The minimum absolute atomic E-state index is 0.125. The molecule has 0 fully saturated rings. The topological polar surface area (TPSA) is 17.1 Å². The molecule has 0 heterocycles. The first-order valence-corrected chi connectivity index (χ1v) is 3.21. The van der Waals surface area contributed by atoms with Crippen LogP contribution in [-0.4, -0.2) is 6.29 Å². The normalized spacial score (nSPS) is 11.8. The number of aldehydes is 1. The van der Waals surface area contributed by atoms with Crippen LogP contribution in [0.2, 0.25) is 0 Å². The Labute approximate surface area is 69.6 Å². The van der Waals surface area contributed by atoms with Crippen LogP contribution in [0.15, 0.2) is 34.9 Å². The van der Waals surface area contributed by atoms with Crippen LogP contribution in [0.4, 0.5) is 0 Å². The molecule has 0 atom stereocenters. The molecule has 0 aliphatic rings. The van der Waals surface area contributed by atoms with E-state index in [9.17, 15) is 4.79 Å². The number of hydrogen-bond acceptors (Lipinski definition) is 1. The summed E-state index contributed by atoms with van der Waals surface area (Å²) in [5, 5.41) is 0.343. The van der Waals surface area contributed by atoms with Crippen molar-refractivity contribution in [3.8, 4) is 0 Å². The van der Waals surface area contributed by atoms with Gasteiger partial charge in [0.25, 0.3) is 0 Å². The predicted octanol–water partition coefficient (Wildman–Crippen LogP) is 2.62. The van der Waals surface area contributed by atoms with Crippen LogP contribution in [0, 0.1) is 0 Å². The Hall–Kier alpha value is -0.530. The summed E-state index contributed by atoms with van der Waals surface area (Å²) in [6.45, 7) is 6.70. The maximum Gasteiger partial charge on any atom is 0.153 e. The second-order valence-electron chi connectivity index (χ2n) is 1.49. The summed E-state index contributed by atoms with van der Waals surface area (Å²) in [5.41, 5.74) is 0.179. The van der Waals surface area contributed by atoms with Gasteiger partial charge in [-0.1, -0.05) is 36.4 Å². The molecule has 10 heavy (non-hydrogen) atoms. The lowest BCUT2D eigenvalue weighted by Crippen LogP contribution is -1.85. The Morgan fingerprint density at radius 2 is 1.90 bits per heavy atom. The molecule has 54 valence electrons. The summed E-state index contributed by atoms with van der Waals surface area (Å²) in [6, 6.07) is 0. The van der Waals surface area contributed by atoms with Crippen molar-refractivity contribution < 1.29 is 4.79 Å². The third-order valence-electron chi connectivity index (χ3n) is 0.847. The van der Waals surface area contributed by atoms with E-state index in [2.05, 4.69) is 13.2 Å². The molecular formula is C7H6Cl2O. The molecule has 0 aromatic carbocycles. The van der Waals surface area contributed by atoms with Gasteiger partial charge < -0.3 is 0 Å². The van der Waals surface area contributed by atoms with E-state index in [1.807, 2.05) is 0 Å². The Morgan fingerprint density at radius 1 is 1.40 bits per heavy atom. The fraction of sp³-hybridized carbons (Fsp3) is 0. The molecule has 0 aliphatic heterocycles. The lowest BCUT2D eigenvalue weighted by atomic mass is 10.2. The first-order valence-electron chi connectivity index (χ1n) is 2.45. The van der Waals surface area contributed by atoms with Crippen LogP contribution in [0.25, 0.3) is 0 Å². The zero-order valence-corrected chi connectivity index (χ0v) is 6.74. The van der Waals surface area contributed by atoms with Crippen LogP contribution >= 0.6 is 23.2 Å². The Morgan fingerprint density at radius 3 is 2.00 bits per heavy atom. The minimum atomic E-state index is 0.125. The second-order valence-corrected chi connectivity index (χ2v) is 2.35. The quantitative estimate of drug-likeness (QED) is 0.368. The van der Waals surface area contributed by atoms with E-state index in [0.717, 1.165) is 0 Å². The fourth-order valence-corrected chi connectivity index (χ4v) is 0.713. The van der Waals surface area contributed by atoms with Crippen LogP contribution in [0.5, 0.6) is 0 Å². The number of hydrogen-bond donors (Lipinski definition) is 0. The summed E-state index contributed by atoms with van der Waals surface area (Å²) in [7, 11) is 0. The Bertz CT molecular complexity index is 204. The van der Waals surface area contributed by atoms with Crippen molar-refractivity contribution in [2.45, 2.75) is 0 Å². The van der Waals surface area contributed by atoms with Crippen LogP contribution in [-0.2, 0) is 4.79 Å². The lowest BCUT2D eigenvalue weighted by Gasteiger charge is -1.94. The zero-order valence-electron chi connectivity index (χ0n) is 5.23. The van der Waals surface area contributed by atoms with Gasteiger partial charge in [-0.3, -0.25) is 4.79 Å². The maximum absolute atomic E-state index is 10.2. The summed E-state index contributed by atoms with van der Waals surface area (Å²) < 4.78 is 0. The monoisotopic (exact) mass is 176 g/mol. The van der Waals surface area contributed by atoms with Crippen LogP contribution in [0.1, 0.15) is 0 Å². The minimum Gasteiger partial charge on any atom is -0.298 e. The molecule has 0 rings (SSSR count). The molecule has 0 radical (unpaired) electrons. The van der Waals surface area contributed by atoms with Gasteiger partial charge in [-0.25, -0.2) is 0 Å². The number of carbonyl (C=O) groups is 1. The first-order chi connectivity index (χ1) is 4.63. The van der Waals surface area contributed by atoms with E-state index < -0.39 is 0 Å². The number of carbonyl (C=O) groups excluding carboxylic acids is 1. The molecule has 0 aromatic rings. The van der Waals surface area contributed by atoms with Gasteiger partial charge in [-0.2, -0.15) is 0 Å². The molecule has 1 nitrogen and oxygen atoms in total. The molecular weight excluding hydrogens is 171 g/mol. The lowest BCUT2D eigenvalue weighted by molar-refractivity contribution is -0.104. The van der Waals surface area contributed by atoms with Crippen LogP contribution < -0.4 is 0 Å². The van der Waals surface area contributed by atoms with Crippen molar-refractivity contribution in [2.24, 2.45) is 0 Å². The van der Waals surface area contributed by atoms with E-state index in [1.54, 1.807) is 0 Å². The van der Waals surface area contributed by atoms with E-state index in [0.29, 0.717) is 6.29 Å². The predicted molar refractivity (Wildman–Crippen MR) is 44.1 cm³/mol. The van der Waals surface area contributed by atoms with Gasteiger partial charge in [-0.15, -0.1) is 0 Å². The first kappa shape index (κ1) is 9.47. The maximum atomic E-state index is 10.2. The van der Waals surface area contributed by atoms with Gasteiger partial charge in [0, 0.05) is 5.03 Å². The second kappa shape index (κ2) is 4.31. The van der Waals surface area contributed by atoms with E-state index in [-0.39, 0.29) is 15.6 Å². The number of halogens is 2. The van der Waals surface area contributed by atoms with Crippen molar-refractivity contribution >= 4 is 29.5 Å². The largest absolute Gasteiger partial charge is 0.298 e. The van der Waals surface area contributed by atoms with Gasteiger partial charge in [0.05, 0.1) is 10.6 Å². The van der Waals surface area contributed by atoms with E-state index >= 15 is 0 Å². The smallest absolute Gasteiger partial charge is 0.153 e. The highest BCUT2D eigenvalue weighted by atomic mass is 35.5. The molecule has 3 heteroatoms. The Kier molecular flexibility index (Phi) is 4.08. The molecule has 0 aliphatic carbocycles. The molecule has 0 amide bonds. The van der Waals surface area contributed by atoms with Crippen molar-refractivity contribution in [3.05, 3.63) is 34.9 Å². The fourth-order valence-electron chi connectivity index (χ4n) is 0.360. The Balaban J connectivity index is 4.79. The zero-order chi connectivity index (χ0) is 8.15. The highest BCUT2D eigenvalue weighted by molar-refractivity contribution is 6.38. The molecule has 0 spiro atoms. The van der Waals surface area contributed by atoms with Crippen molar-refractivity contribution in [1.82, 2.24) is 0 Å². The van der Waals surface area contributed by atoms with Crippen molar-refractivity contribution in [3.63, 3.8) is 0 Å². The summed E-state index contributed by atoms with van der Waals surface area (Å²) >= 11 is 10.9. The molecule has 0 aromatic heterocycles. The van der Waals surface area contributed by atoms with Crippen molar-refractivity contribution in [1.29, 1.82) is 0 Å². The van der Waals surface area contributed by atoms with E-state index in [1.165, 1.54) is 6.08 Å². The summed E-state index contributed by atoms with van der Waals surface area (Å²) in [5.74, 6) is 0. The van der Waals surface area contributed by atoms with Gasteiger partial charge in [0.2, 0.25) is 0 Å². The summed E-state index contributed by atoms with van der Waals surface area (Å²) in [4.78, 5) is 10.2. The van der Waals surface area contributed by atoms with E-state index in [4.69, 9.17) is 23.2 Å². The van der Waals surface area contributed by atoms with Crippen molar-refractivity contribution in [2.75, 3.05) is 0 Å². The standard InChI is InChI=1S/C7H6Cl2O/c1-3-7(9)6(4-10)5(2)8/h3-4H,1-2H2/b7-6+. The third kappa shape index (κ3) is 2.38. The number of rotatable bonds is 3. The summed E-state index contributed by atoms with van der Waals surface area (Å²) in [6.07, 6.45) is 1.87. The SMILES string of the molecule is C=C/C(Cl)=C(/C=O)C(=C)Cl. The number of allylic oxidation sites excluding steroid dienone is 4. The highest BCUT2D eigenvalue weighted by Crippen LogP contribution is 2.17. The van der Waals surface area contributed by atoms with Crippen LogP contribution in [0.3, 0.4) is 0 Å².